The predicted molar refractivity (Wildman–Crippen MR) is 79.4 cm³/mol. The van der Waals surface area contributed by atoms with Gasteiger partial charge >= 0.3 is 0 Å². The maximum absolute atomic E-state index is 10.8. The number of aliphatic imine (C=N–C) groups is 1. The Kier molecular flexibility index (Phi) is 6.41. The fourth-order valence-corrected chi connectivity index (χ4v) is 1.76. The van der Waals surface area contributed by atoms with Crippen LogP contribution in [0.2, 0.25) is 0 Å². The summed E-state index contributed by atoms with van der Waals surface area (Å²) in [6, 6.07) is 4.37. The van der Waals surface area contributed by atoms with Crippen molar-refractivity contribution in [1.29, 1.82) is 0 Å². The van der Waals surface area contributed by atoms with Gasteiger partial charge in [-0.25, -0.2) is 4.99 Å². The standard InChI is InChI=1S/C13H20N4O4/c1-9(8-20-2)16-13(14)15-7-10-6-11(17(18)19)4-5-12(10)21-3/h4-6,9H,7-8H2,1-3H3,(H3,14,15,16). The average molecular weight is 296 g/mol. The molecule has 0 saturated carbocycles. The van der Waals surface area contributed by atoms with E-state index in [1.165, 1.54) is 19.2 Å². The highest BCUT2D eigenvalue weighted by atomic mass is 16.6. The summed E-state index contributed by atoms with van der Waals surface area (Å²) in [7, 11) is 3.09. The van der Waals surface area contributed by atoms with Crippen LogP contribution in [0.5, 0.6) is 5.75 Å². The first-order valence-corrected chi connectivity index (χ1v) is 6.34. The number of non-ortho nitro benzene ring substituents is 1. The molecule has 1 rings (SSSR count). The summed E-state index contributed by atoms with van der Waals surface area (Å²) in [5.74, 6) is 0.773. The van der Waals surface area contributed by atoms with Crippen molar-refractivity contribution < 1.29 is 14.4 Å². The van der Waals surface area contributed by atoms with Gasteiger partial charge in [-0.05, 0) is 13.0 Å². The van der Waals surface area contributed by atoms with E-state index in [9.17, 15) is 10.1 Å². The van der Waals surface area contributed by atoms with Crippen LogP contribution in [0.15, 0.2) is 23.2 Å². The zero-order valence-corrected chi connectivity index (χ0v) is 12.3. The number of guanidine groups is 1. The SMILES string of the molecule is COCC(C)NC(N)=NCc1cc([N+](=O)[O-])ccc1OC. The molecule has 21 heavy (non-hydrogen) atoms. The first-order valence-electron chi connectivity index (χ1n) is 6.34. The lowest BCUT2D eigenvalue weighted by Gasteiger charge is -2.13. The number of benzene rings is 1. The Morgan fingerprint density at radius 2 is 2.24 bits per heavy atom. The molecule has 0 aromatic heterocycles. The highest BCUT2D eigenvalue weighted by Crippen LogP contribution is 2.24. The summed E-state index contributed by atoms with van der Waals surface area (Å²) in [4.78, 5) is 14.5. The molecule has 1 atom stereocenters. The largest absolute Gasteiger partial charge is 0.496 e. The van der Waals surface area contributed by atoms with E-state index in [1.54, 1.807) is 13.2 Å². The normalized spacial score (nSPS) is 12.8. The Hall–Kier alpha value is -2.35. The Balaban J connectivity index is 2.81. The smallest absolute Gasteiger partial charge is 0.270 e. The van der Waals surface area contributed by atoms with Crippen LogP contribution in [0, 0.1) is 10.1 Å². The minimum absolute atomic E-state index is 0.0136. The molecule has 116 valence electrons. The Bertz CT molecular complexity index is 519. The van der Waals surface area contributed by atoms with Crippen molar-refractivity contribution >= 4 is 11.6 Å². The molecular weight excluding hydrogens is 276 g/mol. The van der Waals surface area contributed by atoms with Crippen LogP contribution >= 0.6 is 0 Å². The number of hydrogen-bond acceptors (Lipinski definition) is 5. The first-order chi connectivity index (χ1) is 9.97. The second kappa shape index (κ2) is 8.05. The van der Waals surface area contributed by atoms with Crippen molar-refractivity contribution in [1.82, 2.24) is 5.32 Å². The molecule has 8 nitrogen and oxygen atoms in total. The number of nitro benzene ring substituents is 1. The quantitative estimate of drug-likeness (QED) is 0.336. The summed E-state index contributed by atoms with van der Waals surface area (Å²) in [5, 5.41) is 13.7. The third-order valence-electron chi connectivity index (χ3n) is 2.71. The molecule has 3 N–H and O–H groups in total. The van der Waals surface area contributed by atoms with E-state index < -0.39 is 4.92 Å². The van der Waals surface area contributed by atoms with Crippen LogP contribution in [0.3, 0.4) is 0 Å². The highest BCUT2D eigenvalue weighted by molar-refractivity contribution is 5.78. The maximum Gasteiger partial charge on any atom is 0.270 e. The molecule has 0 spiro atoms. The molecule has 0 aliphatic heterocycles. The molecule has 0 amide bonds. The molecule has 1 unspecified atom stereocenters. The zero-order valence-electron chi connectivity index (χ0n) is 12.3. The molecule has 0 bridgehead atoms. The van der Waals surface area contributed by atoms with Gasteiger partial charge in [0.05, 0.1) is 25.2 Å². The van der Waals surface area contributed by atoms with Crippen molar-refractivity contribution in [2.24, 2.45) is 10.7 Å². The monoisotopic (exact) mass is 296 g/mol. The number of nitro groups is 1. The lowest BCUT2D eigenvalue weighted by molar-refractivity contribution is -0.384. The second-order valence-electron chi connectivity index (χ2n) is 4.46. The van der Waals surface area contributed by atoms with Crippen LogP contribution in [0.25, 0.3) is 0 Å². The number of methoxy groups -OCH3 is 2. The third kappa shape index (κ3) is 5.27. The number of ether oxygens (including phenoxy) is 2. The number of nitrogens with one attached hydrogen (secondary N) is 1. The molecule has 1 aromatic carbocycles. The summed E-state index contributed by atoms with van der Waals surface area (Å²) >= 11 is 0. The lowest BCUT2D eigenvalue weighted by Crippen LogP contribution is -2.40. The number of nitrogens with two attached hydrogens (primary N) is 1. The first kappa shape index (κ1) is 16.7. The van der Waals surface area contributed by atoms with Crippen molar-refractivity contribution in [3.05, 3.63) is 33.9 Å². The van der Waals surface area contributed by atoms with E-state index in [2.05, 4.69) is 10.3 Å². The zero-order chi connectivity index (χ0) is 15.8. The Morgan fingerprint density at radius 3 is 2.81 bits per heavy atom. The third-order valence-corrected chi connectivity index (χ3v) is 2.71. The maximum atomic E-state index is 10.8. The molecular formula is C13H20N4O4. The molecule has 0 radical (unpaired) electrons. The van der Waals surface area contributed by atoms with E-state index in [4.69, 9.17) is 15.2 Å². The number of hydrogen-bond donors (Lipinski definition) is 2. The van der Waals surface area contributed by atoms with Gasteiger partial charge in [0.25, 0.3) is 5.69 Å². The molecule has 1 aromatic rings. The number of nitrogens with zero attached hydrogens (tertiary/aromatic N) is 2. The van der Waals surface area contributed by atoms with E-state index in [1.807, 2.05) is 6.92 Å². The van der Waals surface area contributed by atoms with Crippen LogP contribution in [0.1, 0.15) is 12.5 Å². The molecule has 0 fully saturated rings. The van der Waals surface area contributed by atoms with Gasteiger partial charge in [-0.2, -0.15) is 0 Å². The van der Waals surface area contributed by atoms with Gasteiger partial charge in [-0.3, -0.25) is 10.1 Å². The number of rotatable bonds is 7. The van der Waals surface area contributed by atoms with E-state index in [0.717, 1.165) is 0 Å². The van der Waals surface area contributed by atoms with Crippen molar-refractivity contribution in [2.45, 2.75) is 19.5 Å². The van der Waals surface area contributed by atoms with Crippen molar-refractivity contribution in [3.63, 3.8) is 0 Å². The van der Waals surface area contributed by atoms with E-state index in [0.29, 0.717) is 17.9 Å². The predicted octanol–water partition coefficient (Wildman–Crippen LogP) is 1.04. The summed E-state index contributed by atoms with van der Waals surface area (Å²) in [5.41, 5.74) is 6.33. The highest BCUT2D eigenvalue weighted by Gasteiger charge is 2.11. The van der Waals surface area contributed by atoms with E-state index >= 15 is 0 Å². The Morgan fingerprint density at radius 1 is 1.52 bits per heavy atom. The summed E-state index contributed by atoms with van der Waals surface area (Å²) < 4.78 is 10.1. The topological polar surface area (TPSA) is 112 Å². The molecule has 8 heteroatoms. The van der Waals surface area contributed by atoms with Gasteiger partial charge in [-0.1, -0.05) is 0 Å². The fourth-order valence-electron chi connectivity index (χ4n) is 1.76. The van der Waals surface area contributed by atoms with Crippen molar-refractivity contribution in [2.75, 3.05) is 20.8 Å². The molecule has 0 aliphatic rings. The fraction of sp³-hybridized carbons (Fsp3) is 0.462. The van der Waals surface area contributed by atoms with E-state index in [-0.39, 0.29) is 24.2 Å². The minimum Gasteiger partial charge on any atom is -0.496 e. The van der Waals surface area contributed by atoms with Gasteiger partial charge in [0.2, 0.25) is 0 Å². The van der Waals surface area contributed by atoms with Crippen LogP contribution in [-0.2, 0) is 11.3 Å². The molecule has 0 aliphatic carbocycles. The molecule has 0 heterocycles. The average Bonchev–Trinajstić information content (AvgIpc) is 2.44. The molecule has 0 saturated heterocycles. The van der Waals surface area contributed by atoms with Crippen LogP contribution in [0.4, 0.5) is 5.69 Å². The lowest BCUT2D eigenvalue weighted by atomic mass is 10.2. The second-order valence-corrected chi connectivity index (χ2v) is 4.46. The van der Waals surface area contributed by atoms with Crippen LogP contribution < -0.4 is 15.8 Å². The van der Waals surface area contributed by atoms with Crippen LogP contribution in [-0.4, -0.2) is 37.8 Å². The Labute approximate surface area is 123 Å². The van der Waals surface area contributed by atoms with Gasteiger partial charge in [-0.15, -0.1) is 0 Å². The summed E-state index contributed by atoms with van der Waals surface area (Å²) in [6.45, 7) is 2.58. The summed E-state index contributed by atoms with van der Waals surface area (Å²) in [6.07, 6.45) is 0. The van der Waals surface area contributed by atoms with Gasteiger partial charge < -0.3 is 20.5 Å². The van der Waals surface area contributed by atoms with Gasteiger partial charge in [0, 0.05) is 30.8 Å². The van der Waals surface area contributed by atoms with Gasteiger partial charge in [0.15, 0.2) is 5.96 Å². The minimum atomic E-state index is -0.463. The van der Waals surface area contributed by atoms with Gasteiger partial charge in [0.1, 0.15) is 5.75 Å². The van der Waals surface area contributed by atoms with Crippen molar-refractivity contribution in [3.8, 4) is 5.75 Å².